The first kappa shape index (κ1) is 16.8. The van der Waals surface area contributed by atoms with Gasteiger partial charge in [-0.1, -0.05) is 0 Å². The molecule has 0 spiro atoms. The molecule has 1 aromatic rings. The Balaban J connectivity index is 2.32. The molecule has 1 saturated heterocycles. The number of carbonyl (C=O) groups excluding carboxylic acids is 1. The lowest BCUT2D eigenvalue weighted by atomic mass is 10.1. The van der Waals surface area contributed by atoms with Gasteiger partial charge in [0.05, 0.1) is 16.4 Å². The Kier molecular flexibility index (Phi) is 4.34. The SMILES string of the molecule is NS(=O)(=O)CC1CC(=O)N(c2ccc(C(=O)O)c([N+](=O)[O-])c2)C1. The number of rotatable bonds is 5. The van der Waals surface area contributed by atoms with Crippen molar-refractivity contribution in [3.05, 3.63) is 33.9 Å². The van der Waals surface area contributed by atoms with Gasteiger partial charge in [-0.2, -0.15) is 0 Å². The van der Waals surface area contributed by atoms with Crippen LogP contribution in [0.3, 0.4) is 0 Å². The minimum absolute atomic E-state index is 0.0405. The Morgan fingerprint density at radius 3 is 2.65 bits per heavy atom. The largest absolute Gasteiger partial charge is 0.477 e. The van der Waals surface area contributed by atoms with E-state index in [1.807, 2.05) is 0 Å². The molecule has 1 aliphatic heterocycles. The van der Waals surface area contributed by atoms with Gasteiger partial charge in [0.2, 0.25) is 15.9 Å². The van der Waals surface area contributed by atoms with E-state index >= 15 is 0 Å². The van der Waals surface area contributed by atoms with Gasteiger partial charge < -0.3 is 10.0 Å². The summed E-state index contributed by atoms with van der Waals surface area (Å²) in [5, 5.41) is 24.8. The van der Waals surface area contributed by atoms with E-state index in [-0.39, 0.29) is 24.4 Å². The minimum Gasteiger partial charge on any atom is -0.477 e. The number of nitro benzene ring substituents is 1. The Hall–Kier alpha value is -2.53. The van der Waals surface area contributed by atoms with Gasteiger partial charge in [0.1, 0.15) is 5.56 Å². The third kappa shape index (κ3) is 3.81. The van der Waals surface area contributed by atoms with Gasteiger partial charge in [-0.05, 0) is 12.1 Å². The molecule has 1 fully saturated rings. The number of nitro groups is 1. The number of hydrogen-bond donors (Lipinski definition) is 2. The van der Waals surface area contributed by atoms with Crippen molar-refractivity contribution in [3.63, 3.8) is 0 Å². The number of carbonyl (C=O) groups is 2. The molecule has 1 aromatic carbocycles. The van der Waals surface area contributed by atoms with Crippen molar-refractivity contribution in [3.8, 4) is 0 Å². The lowest BCUT2D eigenvalue weighted by molar-refractivity contribution is -0.385. The van der Waals surface area contributed by atoms with Crippen molar-refractivity contribution >= 4 is 33.3 Å². The van der Waals surface area contributed by atoms with Crippen LogP contribution in [0.25, 0.3) is 0 Å². The summed E-state index contributed by atoms with van der Waals surface area (Å²) in [6, 6.07) is 3.30. The summed E-state index contributed by atoms with van der Waals surface area (Å²) < 4.78 is 22.2. The number of carboxylic acids is 1. The van der Waals surface area contributed by atoms with E-state index in [2.05, 4.69) is 0 Å². The first-order chi connectivity index (χ1) is 10.6. The molecule has 1 aliphatic rings. The smallest absolute Gasteiger partial charge is 0.342 e. The first-order valence-electron chi connectivity index (χ1n) is 6.41. The molecule has 2 rings (SSSR count). The van der Waals surface area contributed by atoms with Crippen LogP contribution >= 0.6 is 0 Å². The molecule has 10 nitrogen and oxygen atoms in total. The van der Waals surface area contributed by atoms with Crippen LogP contribution in [0.2, 0.25) is 0 Å². The number of sulfonamides is 1. The summed E-state index contributed by atoms with van der Waals surface area (Å²) in [5.74, 6) is -2.75. The fourth-order valence-electron chi connectivity index (χ4n) is 2.49. The molecule has 0 aromatic heterocycles. The highest BCUT2D eigenvalue weighted by molar-refractivity contribution is 7.89. The van der Waals surface area contributed by atoms with Crippen LogP contribution < -0.4 is 10.0 Å². The van der Waals surface area contributed by atoms with Crippen LogP contribution in [0.15, 0.2) is 18.2 Å². The summed E-state index contributed by atoms with van der Waals surface area (Å²) in [5.41, 5.74) is -0.993. The molecule has 1 unspecified atom stereocenters. The van der Waals surface area contributed by atoms with Gasteiger partial charge in [0.15, 0.2) is 0 Å². The summed E-state index contributed by atoms with van der Waals surface area (Å²) >= 11 is 0. The maximum Gasteiger partial charge on any atom is 0.342 e. The number of hydrogen-bond acceptors (Lipinski definition) is 6. The van der Waals surface area contributed by atoms with Crippen molar-refractivity contribution in [2.24, 2.45) is 11.1 Å². The third-order valence-electron chi connectivity index (χ3n) is 3.39. The number of nitrogens with zero attached hydrogens (tertiary/aromatic N) is 2. The zero-order valence-corrected chi connectivity index (χ0v) is 12.5. The second-order valence-electron chi connectivity index (χ2n) is 5.17. The summed E-state index contributed by atoms with van der Waals surface area (Å²) in [7, 11) is -3.74. The first-order valence-corrected chi connectivity index (χ1v) is 8.12. The standard InChI is InChI=1S/C12H13N3O7S/c13-23(21,22)6-7-3-11(16)14(5-7)8-1-2-9(12(17)18)10(4-8)15(19)20/h1-2,4,7H,3,5-6H2,(H,17,18)(H2,13,21,22). The summed E-state index contributed by atoms with van der Waals surface area (Å²) in [4.78, 5) is 34.2. The number of carboxylic acid groups (broad SMARTS) is 1. The van der Waals surface area contributed by atoms with Crippen LogP contribution in [0.1, 0.15) is 16.8 Å². The summed E-state index contributed by atoms with van der Waals surface area (Å²) in [6.45, 7) is 0.0405. The van der Waals surface area contributed by atoms with Crippen molar-refractivity contribution in [2.75, 3.05) is 17.2 Å². The molecule has 0 radical (unpaired) electrons. The minimum atomic E-state index is -3.74. The second kappa shape index (κ2) is 5.93. The molecule has 0 saturated carbocycles. The van der Waals surface area contributed by atoms with Crippen LogP contribution in [-0.2, 0) is 14.8 Å². The van der Waals surface area contributed by atoms with E-state index in [4.69, 9.17) is 10.2 Å². The molecule has 11 heteroatoms. The molecular weight excluding hydrogens is 330 g/mol. The van der Waals surface area contributed by atoms with Crippen LogP contribution in [0, 0.1) is 16.0 Å². The average molecular weight is 343 g/mol. The van der Waals surface area contributed by atoms with E-state index in [0.717, 1.165) is 12.1 Å². The summed E-state index contributed by atoms with van der Waals surface area (Å²) in [6.07, 6.45) is -0.0507. The normalized spacial score (nSPS) is 18.2. The number of aromatic carboxylic acids is 1. The lowest BCUT2D eigenvalue weighted by Gasteiger charge is -2.16. The monoisotopic (exact) mass is 343 g/mol. The van der Waals surface area contributed by atoms with Crippen LogP contribution in [0.5, 0.6) is 0 Å². The molecule has 1 heterocycles. The number of benzene rings is 1. The predicted molar refractivity (Wildman–Crippen MR) is 78.5 cm³/mol. The molecule has 0 bridgehead atoms. The van der Waals surface area contributed by atoms with Crippen LogP contribution in [-0.4, -0.2) is 42.6 Å². The fourth-order valence-corrected chi connectivity index (χ4v) is 3.37. The molecule has 1 amide bonds. The highest BCUT2D eigenvalue weighted by Gasteiger charge is 2.34. The molecular formula is C12H13N3O7S. The number of amides is 1. The zero-order valence-electron chi connectivity index (χ0n) is 11.7. The number of anilines is 1. The lowest BCUT2D eigenvalue weighted by Crippen LogP contribution is -2.27. The van der Waals surface area contributed by atoms with E-state index in [1.165, 1.54) is 11.0 Å². The Morgan fingerprint density at radius 1 is 1.48 bits per heavy atom. The van der Waals surface area contributed by atoms with E-state index < -0.39 is 44.0 Å². The van der Waals surface area contributed by atoms with Crippen molar-refractivity contribution < 1.29 is 28.0 Å². The Labute approximate surface area is 130 Å². The number of primary sulfonamides is 1. The highest BCUT2D eigenvalue weighted by Crippen LogP contribution is 2.30. The van der Waals surface area contributed by atoms with E-state index in [9.17, 15) is 28.1 Å². The van der Waals surface area contributed by atoms with Gasteiger partial charge in [-0.3, -0.25) is 14.9 Å². The molecule has 3 N–H and O–H groups in total. The number of nitrogens with two attached hydrogens (primary N) is 1. The zero-order chi connectivity index (χ0) is 17.4. The van der Waals surface area contributed by atoms with Crippen LogP contribution in [0.4, 0.5) is 11.4 Å². The third-order valence-corrected chi connectivity index (χ3v) is 4.33. The van der Waals surface area contributed by atoms with E-state index in [0.29, 0.717) is 0 Å². The van der Waals surface area contributed by atoms with Gasteiger partial charge in [0.25, 0.3) is 5.69 Å². The second-order valence-corrected chi connectivity index (χ2v) is 6.83. The van der Waals surface area contributed by atoms with E-state index in [1.54, 1.807) is 0 Å². The van der Waals surface area contributed by atoms with Gasteiger partial charge in [-0.25, -0.2) is 18.4 Å². The quantitative estimate of drug-likeness (QED) is 0.558. The molecule has 124 valence electrons. The molecule has 1 atom stereocenters. The fraction of sp³-hybridized carbons (Fsp3) is 0.333. The molecule has 0 aliphatic carbocycles. The maximum absolute atomic E-state index is 12.0. The topological polar surface area (TPSA) is 161 Å². The Bertz CT molecular complexity index is 790. The van der Waals surface area contributed by atoms with Crippen molar-refractivity contribution in [1.82, 2.24) is 0 Å². The Morgan fingerprint density at radius 2 is 2.13 bits per heavy atom. The van der Waals surface area contributed by atoms with Crippen molar-refractivity contribution in [2.45, 2.75) is 6.42 Å². The predicted octanol–water partition coefficient (Wildman–Crippen LogP) is -0.0656. The molecule has 23 heavy (non-hydrogen) atoms. The van der Waals surface area contributed by atoms with Gasteiger partial charge >= 0.3 is 5.97 Å². The van der Waals surface area contributed by atoms with Gasteiger partial charge in [0, 0.05) is 24.9 Å². The van der Waals surface area contributed by atoms with Gasteiger partial charge in [-0.15, -0.1) is 0 Å². The highest BCUT2D eigenvalue weighted by atomic mass is 32.2. The maximum atomic E-state index is 12.0. The van der Waals surface area contributed by atoms with Crippen molar-refractivity contribution in [1.29, 1.82) is 0 Å². The average Bonchev–Trinajstić information content (AvgIpc) is 2.76.